The number of rotatable bonds is 2. The molecule has 116 valence electrons. The van der Waals surface area contributed by atoms with Gasteiger partial charge >= 0.3 is 0 Å². The van der Waals surface area contributed by atoms with Crippen molar-refractivity contribution >= 4 is 0 Å². The molecule has 3 heterocycles. The van der Waals surface area contributed by atoms with Gasteiger partial charge < -0.3 is 14.5 Å². The highest BCUT2D eigenvalue weighted by atomic mass is 16.5. The second-order valence-corrected chi connectivity index (χ2v) is 7.17. The van der Waals surface area contributed by atoms with Crippen molar-refractivity contribution in [3.8, 4) is 0 Å². The van der Waals surface area contributed by atoms with Crippen LogP contribution in [0.2, 0.25) is 0 Å². The molecule has 0 radical (unpaired) electrons. The van der Waals surface area contributed by atoms with Crippen molar-refractivity contribution in [3.63, 3.8) is 0 Å². The van der Waals surface area contributed by atoms with E-state index in [1.807, 2.05) is 0 Å². The van der Waals surface area contributed by atoms with Gasteiger partial charge in [0.05, 0.1) is 12.0 Å². The normalized spacial score (nSPS) is 40.6. The molecule has 1 N–H and O–H groups in total. The summed E-state index contributed by atoms with van der Waals surface area (Å²) in [4.78, 5) is 7.20. The van der Waals surface area contributed by atoms with E-state index in [-0.39, 0.29) is 12.0 Å². The Bertz CT molecular complexity index is 489. The monoisotopic (exact) mass is 291 g/mol. The molecule has 0 aromatic carbocycles. The number of aliphatic hydroxyl groups is 1. The largest absolute Gasteiger partial charge is 0.392 e. The minimum Gasteiger partial charge on any atom is -0.392 e. The van der Waals surface area contributed by atoms with Gasteiger partial charge in [0.25, 0.3) is 0 Å². The first-order chi connectivity index (χ1) is 10.2. The molecule has 4 atom stereocenters. The Kier molecular flexibility index (Phi) is 3.50. The molecule has 4 rings (SSSR count). The van der Waals surface area contributed by atoms with Gasteiger partial charge in [0.1, 0.15) is 0 Å². The molecule has 1 aromatic heterocycles. The van der Waals surface area contributed by atoms with Crippen molar-refractivity contribution < 1.29 is 9.63 Å². The average molecular weight is 291 g/mol. The van der Waals surface area contributed by atoms with Gasteiger partial charge in [-0.1, -0.05) is 18.0 Å². The third-order valence-electron chi connectivity index (χ3n) is 5.97. The van der Waals surface area contributed by atoms with Gasteiger partial charge in [0.2, 0.25) is 5.89 Å². The number of nitrogens with zero attached hydrogens (tertiary/aromatic N) is 3. The summed E-state index contributed by atoms with van der Waals surface area (Å²) in [6, 6.07) is 1.38. The molecule has 5 heteroatoms. The molecule has 3 fully saturated rings. The van der Waals surface area contributed by atoms with Crippen LogP contribution in [0.5, 0.6) is 0 Å². The summed E-state index contributed by atoms with van der Waals surface area (Å²) in [5.74, 6) is 2.05. The highest BCUT2D eigenvalue weighted by molar-refractivity contribution is 5.07. The number of fused-ring (bicyclic) bond motifs is 2. The number of hydrogen-bond acceptors (Lipinski definition) is 5. The molecule has 1 aromatic rings. The molecule has 3 aliphatic rings. The topological polar surface area (TPSA) is 62.4 Å². The zero-order valence-electron chi connectivity index (χ0n) is 12.7. The van der Waals surface area contributed by atoms with Crippen LogP contribution in [-0.4, -0.2) is 45.4 Å². The fourth-order valence-electron chi connectivity index (χ4n) is 4.59. The zero-order chi connectivity index (χ0) is 14.4. The van der Waals surface area contributed by atoms with Crippen LogP contribution >= 0.6 is 0 Å². The van der Waals surface area contributed by atoms with Gasteiger partial charge in [-0.3, -0.25) is 0 Å². The maximum absolute atomic E-state index is 10.1. The van der Waals surface area contributed by atoms with E-state index in [0.29, 0.717) is 23.9 Å². The minimum absolute atomic E-state index is 0.0583. The number of piperidine rings is 1. The molecule has 2 bridgehead atoms. The van der Waals surface area contributed by atoms with Gasteiger partial charge in [-0.25, -0.2) is 0 Å². The third kappa shape index (κ3) is 2.40. The second kappa shape index (κ2) is 5.36. The van der Waals surface area contributed by atoms with Crippen LogP contribution in [0.15, 0.2) is 4.52 Å². The van der Waals surface area contributed by atoms with Gasteiger partial charge in [-0.15, -0.1) is 0 Å². The maximum atomic E-state index is 10.1. The highest BCUT2D eigenvalue weighted by Crippen LogP contribution is 2.42. The summed E-state index contributed by atoms with van der Waals surface area (Å²) < 4.78 is 5.51. The summed E-state index contributed by atoms with van der Waals surface area (Å²) in [7, 11) is 2.25. The van der Waals surface area contributed by atoms with Gasteiger partial charge in [0.15, 0.2) is 5.82 Å². The molecule has 4 unspecified atom stereocenters. The van der Waals surface area contributed by atoms with Crippen LogP contribution in [-0.2, 0) is 0 Å². The molecule has 21 heavy (non-hydrogen) atoms. The third-order valence-corrected chi connectivity index (χ3v) is 5.97. The first-order valence-electron chi connectivity index (χ1n) is 8.46. The summed E-state index contributed by atoms with van der Waals surface area (Å²) in [5, 5.41) is 14.4. The van der Waals surface area contributed by atoms with Crippen molar-refractivity contribution in [2.24, 2.45) is 0 Å². The number of hydrogen-bond donors (Lipinski definition) is 1. The summed E-state index contributed by atoms with van der Waals surface area (Å²) >= 11 is 0. The lowest BCUT2D eigenvalue weighted by molar-refractivity contribution is 0.0908. The smallest absolute Gasteiger partial charge is 0.232 e. The Morgan fingerprint density at radius 3 is 2.52 bits per heavy atom. The molecule has 0 amide bonds. The Labute approximate surface area is 125 Å². The Balaban J connectivity index is 1.50. The average Bonchev–Trinajstić information content (AvgIpc) is 3.02. The van der Waals surface area contributed by atoms with Crippen LogP contribution < -0.4 is 0 Å². The Morgan fingerprint density at radius 1 is 1.10 bits per heavy atom. The Morgan fingerprint density at radius 2 is 1.81 bits per heavy atom. The van der Waals surface area contributed by atoms with E-state index in [0.717, 1.165) is 44.3 Å². The van der Waals surface area contributed by atoms with Crippen molar-refractivity contribution in [1.82, 2.24) is 15.0 Å². The van der Waals surface area contributed by atoms with Crippen molar-refractivity contribution in [2.45, 2.75) is 81.4 Å². The van der Waals surface area contributed by atoms with E-state index in [9.17, 15) is 5.11 Å². The van der Waals surface area contributed by atoms with Crippen molar-refractivity contribution in [3.05, 3.63) is 11.7 Å². The van der Waals surface area contributed by atoms with E-state index in [1.165, 1.54) is 12.8 Å². The highest BCUT2D eigenvalue weighted by Gasteiger charge is 2.41. The lowest BCUT2D eigenvalue weighted by atomic mass is 9.86. The van der Waals surface area contributed by atoms with Crippen LogP contribution in [0.25, 0.3) is 0 Å². The van der Waals surface area contributed by atoms with Gasteiger partial charge in [-0.05, 0) is 45.6 Å². The van der Waals surface area contributed by atoms with E-state index in [2.05, 4.69) is 22.1 Å². The second-order valence-electron chi connectivity index (χ2n) is 7.17. The fourth-order valence-corrected chi connectivity index (χ4v) is 4.59. The molecular weight excluding hydrogens is 266 g/mol. The molecule has 0 spiro atoms. The quantitative estimate of drug-likeness (QED) is 0.906. The van der Waals surface area contributed by atoms with Crippen molar-refractivity contribution in [1.29, 1.82) is 0 Å². The standard InChI is InChI=1S/C16H25N3O2/c1-19-11-6-7-12(19)9-10(8-11)15-17-16(21-18-15)13-4-2-3-5-14(13)20/h10-14,20H,2-9H2,1H3. The predicted octanol–water partition coefficient (Wildman–Crippen LogP) is 2.43. The molecule has 1 saturated carbocycles. The lowest BCUT2D eigenvalue weighted by Crippen LogP contribution is -2.39. The van der Waals surface area contributed by atoms with Crippen LogP contribution in [0.3, 0.4) is 0 Å². The number of aromatic nitrogens is 2. The molecule has 1 aliphatic carbocycles. The number of aliphatic hydroxyl groups excluding tert-OH is 1. The van der Waals surface area contributed by atoms with E-state index in [4.69, 9.17) is 4.52 Å². The lowest BCUT2D eigenvalue weighted by Gasteiger charge is -2.34. The maximum Gasteiger partial charge on any atom is 0.232 e. The van der Waals surface area contributed by atoms with E-state index >= 15 is 0 Å². The minimum atomic E-state index is -0.305. The summed E-state index contributed by atoms with van der Waals surface area (Å²) in [5.41, 5.74) is 0. The summed E-state index contributed by atoms with van der Waals surface area (Å²) in [6.07, 6.45) is 8.71. The SMILES string of the molecule is CN1C2CCC1CC(c1noc(C3CCCCC3O)n1)C2. The van der Waals surface area contributed by atoms with Gasteiger partial charge in [0, 0.05) is 18.0 Å². The molecule has 2 saturated heterocycles. The first-order valence-corrected chi connectivity index (χ1v) is 8.46. The van der Waals surface area contributed by atoms with Crippen LogP contribution in [0.1, 0.15) is 74.9 Å². The van der Waals surface area contributed by atoms with E-state index < -0.39 is 0 Å². The van der Waals surface area contributed by atoms with E-state index in [1.54, 1.807) is 0 Å². The first kappa shape index (κ1) is 13.7. The molecule has 5 nitrogen and oxygen atoms in total. The van der Waals surface area contributed by atoms with Crippen LogP contribution in [0, 0.1) is 0 Å². The fraction of sp³-hybridized carbons (Fsp3) is 0.875. The zero-order valence-corrected chi connectivity index (χ0v) is 12.7. The summed E-state index contributed by atoms with van der Waals surface area (Å²) in [6.45, 7) is 0. The predicted molar refractivity (Wildman–Crippen MR) is 78.1 cm³/mol. The molecular formula is C16H25N3O2. The van der Waals surface area contributed by atoms with Crippen LogP contribution in [0.4, 0.5) is 0 Å². The Hall–Kier alpha value is -0.940. The molecule has 2 aliphatic heterocycles. The van der Waals surface area contributed by atoms with Crippen molar-refractivity contribution in [2.75, 3.05) is 7.05 Å². The van der Waals surface area contributed by atoms with Gasteiger partial charge in [-0.2, -0.15) is 4.98 Å².